The van der Waals surface area contributed by atoms with Crippen molar-refractivity contribution in [2.24, 2.45) is 0 Å². The molecule has 158 valence electrons. The van der Waals surface area contributed by atoms with Crippen LogP contribution in [0.1, 0.15) is 12.5 Å². The Balaban J connectivity index is 2.45. The summed E-state index contributed by atoms with van der Waals surface area (Å²) >= 11 is 0. The average molecular weight is 430 g/mol. The van der Waals surface area contributed by atoms with Crippen molar-refractivity contribution < 1.29 is 31.1 Å². The summed E-state index contributed by atoms with van der Waals surface area (Å²) in [7, 11) is -2.84. The minimum atomic E-state index is -4.66. The van der Waals surface area contributed by atoms with Gasteiger partial charge in [0.05, 0.1) is 22.8 Å². The Kier molecular flexibility index (Phi) is 7.26. The van der Waals surface area contributed by atoms with E-state index in [9.17, 15) is 26.4 Å². The van der Waals surface area contributed by atoms with Crippen LogP contribution < -0.4 is 9.62 Å². The first kappa shape index (κ1) is 22.7. The molecular weight excluding hydrogens is 409 g/mol. The maximum Gasteiger partial charge on any atom is 0.416 e. The molecular formula is C19H21F3N2O4S. The van der Waals surface area contributed by atoms with Gasteiger partial charge in [-0.05, 0) is 37.3 Å². The highest BCUT2D eigenvalue weighted by molar-refractivity contribution is 7.92. The van der Waals surface area contributed by atoms with Gasteiger partial charge in [0.25, 0.3) is 10.0 Å². The Morgan fingerprint density at radius 2 is 1.79 bits per heavy atom. The molecule has 0 bridgehead atoms. The third kappa shape index (κ3) is 5.94. The second kappa shape index (κ2) is 9.27. The van der Waals surface area contributed by atoms with E-state index in [4.69, 9.17) is 4.74 Å². The Morgan fingerprint density at radius 1 is 1.14 bits per heavy atom. The molecule has 0 radical (unpaired) electrons. The van der Waals surface area contributed by atoms with Crippen molar-refractivity contribution in [2.45, 2.75) is 24.0 Å². The molecule has 0 aliphatic rings. The molecule has 10 heteroatoms. The average Bonchev–Trinajstić information content (AvgIpc) is 2.66. The third-order valence-corrected chi connectivity index (χ3v) is 5.69. The van der Waals surface area contributed by atoms with Crippen molar-refractivity contribution in [1.82, 2.24) is 5.32 Å². The molecule has 0 spiro atoms. The van der Waals surface area contributed by atoms with E-state index in [1.165, 1.54) is 37.4 Å². The summed E-state index contributed by atoms with van der Waals surface area (Å²) < 4.78 is 71.1. The van der Waals surface area contributed by atoms with Crippen LogP contribution in [0.5, 0.6) is 0 Å². The van der Waals surface area contributed by atoms with Gasteiger partial charge in [-0.1, -0.05) is 24.3 Å². The van der Waals surface area contributed by atoms with Gasteiger partial charge in [0.15, 0.2) is 0 Å². The van der Waals surface area contributed by atoms with Crippen LogP contribution in [0.2, 0.25) is 0 Å². The summed E-state index contributed by atoms with van der Waals surface area (Å²) in [5.74, 6) is -0.675. The van der Waals surface area contributed by atoms with E-state index < -0.39 is 40.3 Å². The topological polar surface area (TPSA) is 75.7 Å². The predicted molar refractivity (Wildman–Crippen MR) is 102 cm³/mol. The molecule has 2 aromatic rings. The third-order valence-electron chi connectivity index (χ3n) is 3.90. The fraction of sp³-hybridized carbons (Fsp3) is 0.316. The minimum Gasteiger partial charge on any atom is -0.383 e. The number of nitrogens with zero attached hydrogens (tertiary/aromatic N) is 1. The number of ether oxygens (including phenoxy) is 1. The van der Waals surface area contributed by atoms with E-state index in [-0.39, 0.29) is 17.2 Å². The lowest BCUT2D eigenvalue weighted by atomic mass is 10.2. The SMILES string of the molecule is COC[C@H](C)NC(=O)CN(c1cccc(C(F)(F)F)c1)S(=O)(=O)c1ccccc1. The van der Waals surface area contributed by atoms with Gasteiger partial charge in [0.2, 0.25) is 5.91 Å². The van der Waals surface area contributed by atoms with Crippen LogP contribution in [0, 0.1) is 0 Å². The van der Waals surface area contributed by atoms with E-state index in [0.717, 1.165) is 12.1 Å². The standard InChI is InChI=1S/C19H21F3N2O4S/c1-14(13-28-2)23-18(25)12-24(29(26,27)17-9-4-3-5-10-17)16-8-6-7-15(11-16)19(20,21)22/h3-11,14H,12-13H2,1-2H3,(H,23,25)/t14-/m0/s1. The Morgan fingerprint density at radius 3 is 2.38 bits per heavy atom. The van der Waals surface area contributed by atoms with Gasteiger partial charge < -0.3 is 10.1 Å². The molecule has 1 amide bonds. The fourth-order valence-corrected chi connectivity index (χ4v) is 4.05. The van der Waals surface area contributed by atoms with Crippen molar-refractivity contribution in [1.29, 1.82) is 0 Å². The zero-order valence-corrected chi connectivity index (χ0v) is 16.6. The molecule has 0 aliphatic heterocycles. The second-order valence-corrected chi connectivity index (χ2v) is 8.16. The number of anilines is 1. The lowest BCUT2D eigenvalue weighted by molar-refractivity contribution is -0.137. The molecule has 0 saturated carbocycles. The summed E-state index contributed by atoms with van der Waals surface area (Å²) in [5, 5.41) is 2.56. The molecule has 0 saturated heterocycles. The summed E-state index contributed by atoms with van der Waals surface area (Å²) in [4.78, 5) is 12.2. The van der Waals surface area contributed by atoms with Crippen molar-refractivity contribution >= 4 is 21.6 Å². The van der Waals surface area contributed by atoms with Crippen LogP contribution >= 0.6 is 0 Å². The number of methoxy groups -OCH3 is 1. The van der Waals surface area contributed by atoms with Crippen LogP contribution in [0.3, 0.4) is 0 Å². The van der Waals surface area contributed by atoms with E-state index >= 15 is 0 Å². The molecule has 0 unspecified atom stereocenters. The van der Waals surface area contributed by atoms with Gasteiger partial charge in [0, 0.05) is 13.2 Å². The van der Waals surface area contributed by atoms with Gasteiger partial charge in [0.1, 0.15) is 6.54 Å². The molecule has 0 aliphatic carbocycles. The molecule has 1 N–H and O–H groups in total. The summed E-state index contributed by atoms with van der Waals surface area (Å²) in [6, 6.07) is 10.6. The summed E-state index contributed by atoms with van der Waals surface area (Å²) in [6.07, 6.45) is -4.66. The highest BCUT2D eigenvalue weighted by atomic mass is 32.2. The highest BCUT2D eigenvalue weighted by Crippen LogP contribution is 2.33. The fourth-order valence-electron chi connectivity index (χ4n) is 2.61. The first-order chi connectivity index (χ1) is 13.6. The Hall–Kier alpha value is -2.59. The normalized spacial score (nSPS) is 13.0. The largest absolute Gasteiger partial charge is 0.416 e. The minimum absolute atomic E-state index is 0.143. The number of sulfonamides is 1. The molecule has 2 aromatic carbocycles. The smallest absolute Gasteiger partial charge is 0.383 e. The lowest BCUT2D eigenvalue weighted by Crippen LogP contribution is -2.44. The maximum atomic E-state index is 13.1. The molecule has 1 atom stereocenters. The Labute approximate surface area is 167 Å². The van der Waals surface area contributed by atoms with Crippen LogP contribution in [0.15, 0.2) is 59.5 Å². The van der Waals surface area contributed by atoms with Gasteiger partial charge in [-0.3, -0.25) is 9.10 Å². The number of alkyl halides is 3. The van der Waals surface area contributed by atoms with Crippen molar-refractivity contribution in [3.8, 4) is 0 Å². The van der Waals surface area contributed by atoms with Crippen LogP contribution in [0.4, 0.5) is 18.9 Å². The number of rotatable bonds is 8. The molecule has 6 nitrogen and oxygen atoms in total. The van der Waals surface area contributed by atoms with Gasteiger partial charge in [-0.25, -0.2) is 8.42 Å². The molecule has 0 aromatic heterocycles. The first-order valence-corrected chi connectivity index (χ1v) is 10.0. The van der Waals surface area contributed by atoms with Crippen LogP contribution in [0.25, 0.3) is 0 Å². The number of hydrogen-bond acceptors (Lipinski definition) is 4. The Bertz CT molecular complexity index is 934. The molecule has 29 heavy (non-hydrogen) atoms. The number of hydrogen-bond donors (Lipinski definition) is 1. The summed E-state index contributed by atoms with van der Waals surface area (Å²) in [6.45, 7) is 1.16. The van der Waals surface area contributed by atoms with E-state index in [1.807, 2.05) is 0 Å². The van der Waals surface area contributed by atoms with Gasteiger partial charge in [-0.15, -0.1) is 0 Å². The number of halogens is 3. The second-order valence-electron chi connectivity index (χ2n) is 6.30. The molecule has 0 fully saturated rings. The lowest BCUT2D eigenvalue weighted by Gasteiger charge is -2.25. The van der Waals surface area contributed by atoms with Crippen LogP contribution in [-0.2, 0) is 25.7 Å². The number of carbonyl (C=O) groups is 1. The number of carbonyl (C=O) groups excluding carboxylic acids is 1. The number of benzene rings is 2. The van der Waals surface area contributed by atoms with Crippen molar-refractivity contribution in [3.63, 3.8) is 0 Å². The quantitative estimate of drug-likeness (QED) is 0.699. The number of nitrogens with one attached hydrogen (secondary N) is 1. The molecule has 2 rings (SSSR count). The monoisotopic (exact) mass is 430 g/mol. The zero-order chi connectivity index (χ0) is 21.7. The van der Waals surface area contributed by atoms with E-state index in [1.54, 1.807) is 13.0 Å². The first-order valence-electron chi connectivity index (χ1n) is 8.59. The van der Waals surface area contributed by atoms with E-state index in [0.29, 0.717) is 10.4 Å². The van der Waals surface area contributed by atoms with E-state index in [2.05, 4.69) is 5.32 Å². The van der Waals surface area contributed by atoms with Gasteiger partial charge in [-0.2, -0.15) is 13.2 Å². The van der Waals surface area contributed by atoms with Crippen molar-refractivity contribution in [3.05, 3.63) is 60.2 Å². The predicted octanol–water partition coefficient (Wildman–Crippen LogP) is 3.05. The number of amides is 1. The molecule has 0 heterocycles. The summed E-state index contributed by atoms with van der Waals surface area (Å²) in [5.41, 5.74) is -1.28. The zero-order valence-electron chi connectivity index (χ0n) is 15.8. The highest BCUT2D eigenvalue weighted by Gasteiger charge is 2.33. The van der Waals surface area contributed by atoms with Gasteiger partial charge >= 0.3 is 6.18 Å². The van der Waals surface area contributed by atoms with Crippen molar-refractivity contribution in [2.75, 3.05) is 24.6 Å². The van der Waals surface area contributed by atoms with Crippen LogP contribution in [-0.4, -0.2) is 40.6 Å². The maximum absolute atomic E-state index is 13.1.